The highest BCUT2D eigenvalue weighted by Gasteiger charge is 2.34. The summed E-state index contributed by atoms with van der Waals surface area (Å²) in [7, 11) is 0. The average molecular weight is 306 g/mol. The molecule has 8 heteroatoms. The molecule has 0 aliphatic carbocycles. The van der Waals surface area contributed by atoms with Crippen LogP contribution in [-0.4, -0.2) is 0 Å². The molecule has 3 N–H and O–H groups in total. The van der Waals surface area contributed by atoms with Crippen LogP contribution >= 0.6 is 0 Å². The Balaban J connectivity index is 2.42. The number of alkyl halides is 3. The van der Waals surface area contributed by atoms with Crippen molar-refractivity contribution in [2.45, 2.75) is 6.18 Å². The number of rotatable bonds is 2. The van der Waals surface area contributed by atoms with Crippen LogP contribution in [0.15, 0.2) is 30.3 Å². The molecule has 0 aliphatic rings. The molecular formula is C13H8F6N2. The summed E-state index contributed by atoms with van der Waals surface area (Å²) < 4.78 is 77.8. The van der Waals surface area contributed by atoms with Crippen LogP contribution in [0.3, 0.4) is 0 Å². The van der Waals surface area contributed by atoms with E-state index in [-0.39, 0.29) is 11.4 Å². The third kappa shape index (κ3) is 3.21. The van der Waals surface area contributed by atoms with Crippen LogP contribution in [0.1, 0.15) is 5.56 Å². The quantitative estimate of drug-likeness (QED) is 0.635. The fourth-order valence-corrected chi connectivity index (χ4v) is 1.68. The van der Waals surface area contributed by atoms with E-state index in [0.29, 0.717) is 12.1 Å². The maximum absolute atomic E-state index is 13.5. The lowest BCUT2D eigenvalue weighted by molar-refractivity contribution is -0.139. The fourth-order valence-electron chi connectivity index (χ4n) is 1.68. The number of hydrogen-bond donors (Lipinski definition) is 2. The number of nitrogen functional groups attached to an aromatic ring is 1. The van der Waals surface area contributed by atoms with Crippen LogP contribution in [0.5, 0.6) is 0 Å². The Labute approximate surface area is 115 Å². The van der Waals surface area contributed by atoms with Crippen molar-refractivity contribution < 1.29 is 26.3 Å². The molecule has 2 aromatic carbocycles. The first-order valence-electron chi connectivity index (χ1n) is 5.57. The number of hydrogen-bond acceptors (Lipinski definition) is 2. The highest BCUT2D eigenvalue weighted by molar-refractivity contribution is 5.64. The molecule has 0 heterocycles. The molecule has 0 amide bonds. The minimum absolute atomic E-state index is 0.175. The number of nitrogens with two attached hydrogens (primary N) is 1. The summed E-state index contributed by atoms with van der Waals surface area (Å²) >= 11 is 0. The third-order valence-electron chi connectivity index (χ3n) is 2.61. The van der Waals surface area contributed by atoms with E-state index < -0.39 is 34.9 Å². The third-order valence-corrected chi connectivity index (χ3v) is 2.61. The van der Waals surface area contributed by atoms with Gasteiger partial charge in [0.15, 0.2) is 11.6 Å². The molecule has 0 unspecified atom stereocenters. The second-order valence-corrected chi connectivity index (χ2v) is 4.18. The van der Waals surface area contributed by atoms with Crippen LogP contribution in [0.25, 0.3) is 0 Å². The molecule has 21 heavy (non-hydrogen) atoms. The second kappa shape index (κ2) is 5.19. The smallest absolute Gasteiger partial charge is 0.399 e. The Kier molecular flexibility index (Phi) is 3.71. The minimum atomic E-state index is -4.92. The van der Waals surface area contributed by atoms with E-state index in [2.05, 4.69) is 5.32 Å². The van der Waals surface area contributed by atoms with Crippen molar-refractivity contribution >= 4 is 17.1 Å². The first kappa shape index (κ1) is 15.0. The van der Waals surface area contributed by atoms with E-state index in [1.54, 1.807) is 0 Å². The minimum Gasteiger partial charge on any atom is -0.399 e. The van der Waals surface area contributed by atoms with E-state index in [9.17, 15) is 26.3 Å². The number of nitrogens with one attached hydrogen (secondary N) is 1. The zero-order valence-corrected chi connectivity index (χ0v) is 10.2. The SMILES string of the molecule is Nc1cc(F)c(Nc2ccc(F)c(C(F)(F)F)c2)c(F)c1. The molecule has 0 fully saturated rings. The summed E-state index contributed by atoms with van der Waals surface area (Å²) in [6, 6.07) is 3.52. The Morgan fingerprint density at radius 3 is 1.95 bits per heavy atom. The van der Waals surface area contributed by atoms with Crippen molar-refractivity contribution in [1.82, 2.24) is 0 Å². The van der Waals surface area contributed by atoms with Gasteiger partial charge in [0.05, 0.1) is 5.56 Å². The largest absolute Gasteiger partial charge is 0.419 e. The summed E-state index contributed by atoms with van der Waals surface area (Å²) in [4.78, 5) is 0. The van der Waals surface area contributed by atoms with Gasteiger partial charge in [0, 0.05) is 11.4 Å². The molecule has 0 aromatic heterocycles. The van der Waals surface area contributed by atoms with Gasteiger partial charge in [-0.3, -0.25) is 0 Å². The van der Waals surface area contributed by atoms with Crippen molar-refractivity contribution in [2.75, 3.05) is 11.1 Å². The lowest BCUT2D eigenvalue weighted by Crippen LogP contribution is -2.09. The number of benzene rings is 2. The van der Waals surface area contributed by atoms with Gasteiger partial charge in [-0.1, -0.05) is 0 Å². The summed E-state index contributed by atoms with van der Waals surface area (Å²) in [5.41, 5.74) is 2.51. The van der Waals surface area contributed by atoms with Crippen molar-refractivity contribution in [3.05, 3.63) is 53.3 Å². The van der Waals surface area contributed by atoms with Gasteiger partial charge in [0.1, 0.15) is 11.5 Å². The molecule has 2 aromatic rings. The predicted molar refractivity (Wildman–Crippen MR) is 65.5 cm³/mol. The topological polar surface area (TPSA) is 38.0 Å². The standard InChI is InChI=1S/C13H8F6N2/c14-9-2-1-7(5-8(9)13(17,18)19)21-12-10(15)3-6(20)4-11(12)16/h1-5,21H,20H2. The zero-order chi connectivity index (χ0) is 15.8. The highest BCUT2D eigenvalue weighted by Crippen LogP contribution is 2.34. The fraction of sp³-hybridized carbons (Fsp3) is 0.0769. The van der Waals surface area contributed by atoms with Gasteiger partial charge in [-0.05, 0) is 30.3 Å². The van der Waals surface area contributed by atoms with Gasteiger partial charge >= 0.3 is 6.18 Å². The lowest BCUT2D eigenvalue weighted by Gasteiger charge is -2.13. The van der Waals surface area contributed by atoms with Gasteiger partial charge in [-0.2, -0.15) is 13.2 Å². The summed E-state index contributed by atoms with van der Waals surface area (Å²) in [5.74, 6) is -3.64. The molecule has 0 atom stereocenters. The van der Waals surface area contributed by atoms with Crippen LogP contribution in [-0.2, 0) is 6.18 Å². The van der Waals surface area contributed by atoms with E-state index in [1.165, 1.54) is 0 Å². The van der Waals surface area contributed by atoms with E-state index in [4.69, 9.17) is 5.73 Å². The van der Waals surface area contributed by atoms with Crippen molar-refractivity contribution in [3.8, 4) is 0 Å². The van der Waals surface area contributed by atoms with Gasteiger partial charge < -0.3 is 11.1 Å². The van der Waals surface area contributed by atoms with E-state index in [1.807, 2.05) is 0 Å². The van der Waals surface area contributed by atoms with Crippen LogP contribution < -0.4 is 11.1 Å². The number of halogens is 6. The zero-order valence-electron chi connectivity index (χ0n) is 10.2. The van der Waals surface area contributed by atoms with Crippen molar-refractivity contribution in [2.24, 2.45) is 0 Å². The monoisotopic (exact) mass is 306 g/mol. The molecule has 2 nitrogen and oxygen atoms in total. The predicted octanol–water partition coefficient (Wildman–Crippen LogP) is 4.45. The lowest BCUT2D eigenvalue weighted by atomic mass is 10.1. The molecule has 0 spiro atoms. The molecule has 0 aliphatic heterocycles. The van der Waals surface area contributed by atoms with Gasteiger partial charge in [-0.25, -0.2) is 13.2 Å². The van der Waals surface area contributed by atoms with E-state index >= 15 is 0 Å². The summed E-state index contributed by atoms with van der Waals surface area (Å²) in [6.07, 6.45) is -4.92. The summed E-state index contributed by atoms with van der Waals surface area (Å²) in [6.45, 7) is 0. The van der Waals surface area contributed by atoms with Gasteiger partial charge in [0.25, 0.3) is 0 Å². The van der Waals surface area contributed by atoms with Gasteiger partial charge in [0.2, 0.25) is 0 Å². The first-order valence-corrected chi connectivity index (χ1v) is 5.57. The Bertz CT molecular complexity index is 658. The normalized spacial score (nSPS) is 11.5. The Hall–Kier alpha value is -2.38. The maximum atomic E-state index is 13.5. The second-order valence-electron chi connectivity index (χ2n) is 4.18. The molecular weight excluding hydrogens is 298 g/mol. The molecule has 2 rings (SSSR count). The molecule has 0 saturated carbocycles. The molecule has 112 valence electrons. The Morgan fingerprint density at radius 1 is 0.857 bits per heavy atom. The summed E-state index contributed by atoms with van der Waals surface area (Å²) in [5, 5.41) is 2.14. The molecule has 0 bridgehead atoms. The highest BCUT2D eigenvalue weighted by atomic mass is 19.4. The first-order chi connectivity index (χ1) is 9.68. The van der Waals surface area contributed by atoms with Crippen molar-refractivity contribution in [1.29, 1.82) is 0 Å². The van der Waals surface area contributed by atoms with Crippen LogP contribution in [0, 0.1) is 17.5 Å². The Morgan fingerprint density at radius 2 is 1.43 bits per heavy atom. The van der Waals surface area contributed by atoms with Gasteiger partial charge in [-0.15, -0.1) is 0 Å². The van der Waals surface area contributed by atoms with Crippen LogP contribution in [0.2, 0.25) is 0 Å². The molecule has 0 radical (unpaired) electrons. The van der Waals surface area contributed by atoms with Crippen LogP contribution in [0.4, 0.5) is 43.4 Å². The maximum Gasteiger partial charge on any atom is 0.419 e. The molecule has 0 saturated heterocycles. The van der Waals surface area contributed by atoms with Crippen molar-refractivity contribution in [3.63, 3.8) is 0 Å². The van der Waals surface area contributed by atoms with E-state index in [0.717, 1.165) is 18.2 Å². The number of anilines is 3. The average Bonchev–Trinajstić information content (AvgIpc) is 2.34.